The molecule has 8 rings (SSSR count). The Bertz CT molecular complexity index is 2430. The number of aromatic nitrogens is 5. The molecule has 0 amide bonds. The number of pyridine rings is 1. The summed E-state index contributed by atoms with van der Waals surface area (Å²) in [6, 6.07) is 33.2. The van der Waals surface area contributed by atoms with Crippen molar-refractivity contribution in [2.24, 2.45) is 0 Å². The Morgan fingerprint density at radius 1 is 0.534 bits per heavy atom. The van der Waals surface area contributed by atoms with Gasteiger partial charge in [-0.25, -0.2) is 23.3 Å². The Kier molecular flexibility index (Phi) is 11.3. The number of fused-ring (bicyclic) bond motifs is 10. The summed E-state index contributed by atoms with van der Waals surface area (Å²) < 4.78 is 128. The fourth-order valence-electron chi connectivity index (χ4n) is 6.64. The number of carbonyl (C=O) groups is 1. The van der Waals surface area contributed by atoms with Crippen LogP contribution in [0.2, 0.25) is 0 Å². The van der Waals surface area contributed by atoms with E-state index in [1.54, 1.807) is 0 Å². The normalized spacial score (nSPS) is 16.2. The van der Waals surface area contributed by atoms with E-state index < -0.39 is 15.6 Å². The molecule has 1 aliphatic rings. The molecule has 6 bridgehead atoms. The Hall–Kier alpha value is -4.82. The van der Waals surface area contributed by atoms with E-state index in [9.17, 15) is 55.2 Å². The van der Waals surface area contributed by atoms with Crippen LogP contribution in [-0.4, -0.2) is 19.9 Å². The summed E-state index contributed by atoms with van der Waals surface area (Å²) in [6.07, 6.45) is 9.48. The van der Waals surface area contributed by atoms with Gasteiger partial charge in [-0.15, -0.1) is 0 Å². The van der Waals surface area contributed by atoms with Gasteiger partial charge in [-0.05, 0) is 69.9 Å². The third-order valence-corrected chi connectivity index (χ3v) is 8.62. The number of nitrogens with zero attached hydrogens (tertiary/aromatic N) is 5. The van der Waals surface area contributed by atoms with Crippen molar-refractivity contribution >= 4 is 65.3 Å². The van der Waals surface area contributed by atoms with Gasteiger partial charge >= 0.3 is 66.0 Å². The van der Waals surface area contributed by atoms with Crippen molar-refractivity contribution < 1.29 is 64.3 Å². The number of imidazole rings is 2. The molecule has 3 aromatic heterocycles. The second-order valence-corrected chi connectivity index (χ2v) is 17.9. The summed E-state index contributed by atoms with van der Waals surface area (Å²) in [7, 11) is -21.3. The van der Waals surface area contributed by atoms with Crippen LogP contribution in [0, 0.1) is 0 Å². The predicted molar refractivity (Wildman–Crippen MR) is 204 cm³/mol. The molecule has 0 saturated carbocycles. The van der Waals surface area contributed by atoms with E-state index in [1.165, 1.54) is 83.5 Å². The summed E-state index contributed by atoms with van der Waals surface area (Å²) in [4.78, 5) is 14.8. The van der Waals surface area contributed by atoms with Crippen molar-refractivity contribution in [3.05, 3.63) is 115 Å². The largest absolute Gasteiger partial charge is 0.247 e. The summed E-state index contributed by atoms with van der Waals surface area (Å²) in [5.41, 5.74) is 9.87. The van der Waals surface area contributed by atoms with Crippen LogP contribution in [0.4, 0.5) is 50.4 Å². The Morgan fingerprint density at radius 3 is 1.24 bits per heavy atom. The SMILES string of the molecule is CC(C)=O.F[P-](F)(F)(F)(F)F.F[P-](F)(F)(F)(F)F.c1cc2c3nc4c(cccc4cc3c1)C[n+]1cn(c3ccccc31)CCCCCCn1c[n+](c3ccccc31)C2. The number of carbonyl (C=O) groups excluding carboxylic acids is 1. The standard InChI is InChI=1S/C35H33N5.C3H6O.2F6P/c1-2-8-20-38-25-40(33-18-6-4-16-31(33)38)23-29-14-10-12-27-21-26-11-9-13-28(34(26)36-35(27)29)22-39-24-37(19-7-1)30-15-3-5-17-32(30)39;1-3(2)4;2*1-7(2,3,4,5)6/h3-6,9-18,21,24-25H,1-2,7-8,19-20,22-23H2;1-2H3;;/q+2;;2*-1. The second-order valence-electron chi connectivity index (χ2n) is 14.1. The van der Waals surface area contributed by atoms with Crippen molar-refractivity contribution in [2.45, 2.75) is 65.7 Å². The molecule has 0 fully saturated rings. The molecule has 1 aliphatic heterocycles. The molecule has 4 heterocycles. The molecule has 7 aromatic rings. The average Bonchev–Trinajstić information content (AvgIpc) is 3.60. The zero-order valence-corrected chi connectivity index (χ0v) is 32.8. The molecule has 0 unspecified atom stereocenters. The molecule has 316 valence electrons. The molecule has 0 saturated heterocycles. The third kappa shape index (κ3) is 14.5. The zero-order valence-electron chi connectivity index (χ0n) is 31.0. The molecule has 4 aromatic carbocycles. The fraction of sp³-hybridized carbons (Fsp3) is 0.263. The van der Waals surface area contributed by atoms with Gasteiger partial charge in [-0.2, -0.15) is 0 Å². The number of hydrogen-bond donors (Lipinski definition) is 0. The van der Waals surface area contributed by atoms with Crippen LogP contribution in [0.5, 0.6) is 0 Å². The first-order chi connectivity index (χ1) is 26.4. The molecule has 58 heavy (non-hydrogen) atoms. The van der Waals surface area contributed by atoms with Crippen molar-refractivity contribution in [3.63, 3.8) is 0 Å². The quantitative estimate of drug-likeness (QED) is 0.0660. The maximum Gasteiger partial charge on any atom is 0.245 e. The van der Waals surface area contributed by atoms with Gasteiger partial charge < -0.3 is 4.79 Å². The van der Waals surface area contributed by atoms with Crippen LogP contribution in [-0.2, 0) is 31.0 Å². The number of hydrogen-bond acceptors (Lipinski definition) is 2. The van der Waals surface area contributed by atoms with Crippen molar-refractivity contribution in [2.75, 3.05) is 0 Å². The maximum absolute atomic E-state index is 10.7. The zero-order chi connectivity index (χ0) is 42.9. The fourth-order valence-corrected chi connectivity index (χ4v) is 6.64. The summed E-state index contributed by atoms with van der Waals surface area (Å²) in [5.74, 6) is 0.167. The third-order valence-electron chi connectivity index (χ3n) is 8.62. The van der Waals surface area contributed by atoms with Gasteiger partial charge in [-0.3, -0.25) is 0 Å². The minimum Gasteiger partial charge on any atom is -0.247 e. The van der Waals surface area contributed by atoms with E-state index >= 15 is 0 Å². The van der Waals surface area contributed by atoms with E-state index in [1.807, 2.05) is 0 Å². The number of aryl methyl sites for hydroxylation is 2. The Morgan fingerprint density at radius 2 is 0.879 bits per heavy atom. The number of ketones is 1. The number of Topliss-reactive ketones (excluding diaryl/α,β-unsaturated/α-hetero) is 1. The van der Waals surface area contributed by atoms with Crippen molar-refractivity contribution in [1.29, 1.82) is 0 Å². The van der Waals surface area contributed by atoms with Gasteiger partial charge in [0.25, 0.3) is 0 Å². The minimum absolute atomic E-state index is 0.167. The van der Waals surface area contributed by atoms with E-state index in [4.69, 9.17) is 4.98 Å². The predicted octanol–water partition coefficient (Wildman–Crippen LogP) is 13.9. The number of halogens is 12. The van der Waals surface area contributed by atoms with Gasteiger partial charge in [0.15, 0.2) is 22.1 Å². The van der Waals surface area contributed by atoms with E-state index in [2.05, 4.69) is 122 Å². The van der Waals surface area contributed by atoms with Crippen LogP contribution >= 0.6 is 15.6 Å². The average molecular weight is 872 g/mol. The molecule has 20 heteroatoms. The number of rotatable bonds is 0. The first-order valence-electron chi connectivity index (χ1n) is 17.8. The number of para-hydroxylation sites is 6. The summed E-state index contributed by atoms with van der Waals surface area (Å²) in [6.45, 7) is 6.74. The summed E-state index contributed by atoms with van der Waals surface area (Å²) >= 11 is 0. The topological polar surface area (TPSA) is 47.6 Å². The van der Waals surface area contributed by atoms with E-state index in [-0.39, 0.29) is 5.78 Å². The van der Waals surface area contributed by atoms with Gasteiger partial charge in [0.1, 0.15) is 18.9 Å². The van der Waals surface area contributed by atoms with Crippen LogP contribution in [0.1, 0.15) is 50.7 Å². The smallest absolute Gasteiger partial charge is 0.245 e. The first kappa shape index (κ1) is 44.3. The number of benzene rings is 4. The Balaban J connectivity index is 0.000000300. The molecule has 0 N–H and O–H groups in total. The van der Waals surface area contributed by atoms with E-state index in [0.717, 1.165) is 37.2 Å². The van der Waals surface area contributed by atoms with E-state index in [0.29, 0.717) is 0 Å². The monoisotopic (exact) mass is 871 g/mol. The van der Waals surface area contributed by atoms with Crippen LogP contribution in [0.25, 0.3) is 43.9 Å². The van der Waals surface area contributed by atoms with Crippen molar-refractivity contribution in [1.82, 2.24) is 14.1 Å². The van der Waals surface area contributed by atoms with Gasteiger partial charge in [0, 0.05) is 21.9 Å². The van der Waals surface area contributed by atoms with Crippen molar-refractivity contribution in [3.8, 4) is 0 Å². The first-order valence-corrected chi connectivity index (χ1v) is 21.9. The second kappa shape index (κ2) is 14.8. The molecule has 0 spiro atoms. The molecular weight excluding hydrogens is 832 g/mol. The summed E-state index contributed by atoms with van der Waals surface area (Å²) in [5, 5.41) is 2.39. The molecule has 0 radical (unpaired) electrons. The molecule has 0 atom stereocenters. The van der Waals surface area contributed by atoms with Crippen LogP contribution in [0.15, 0.2) is 104 Å². The van der Waals surface area contributed by atoms with Crippen LogP contribution < -0.4 is 9.13 Å². The maximum atomic E-state index is 9.87. The van der Waals surface area contributed by atoms with Crippen LogP contribution in [0.3, 0.4) is 0 Å². The van der Waals surface area contributed by atoms with Gasteiger partial charge in [0.05, 0.1) is 24.1 Å². The van der Waals surface area contributed by atoms with Gasteiger partial charge in [0.2, 0.25) is 12.7 Å². The minimum atomic E-state index is -10.7. The molecule has 6 nitrogen and oxygen atoms in total. The Labute approximate surface area is 323 Å². The molecular formula is C38H39F12N5OP2. The molecule has 0 aliphatic carbocycles. The van der Waals surface area contributed by atoms with Gasteiger partial charge in [-0.1, -0.05) is 60.7 Å².